The summed E-state index contributed by atoms with van der Waals surface area (Å²) in [5, 5.41) is 0.858. The Morgan fingerprint density at radius 3 is 2.73 bits per heavy atom. The van der Waals surface area contributed by atoms with Crippen LogP contribution in [-0.4, -0.2) is 42.2 Å². The van der Waals surface area contributed by atoms with Crippen LogP contribution in [0.5, 0.6) is 5.75 Å². The van der Waals surface area contributed by atoms with E-state index < -0.39 is 0 Å². The molecule has 1 aliphatic rings. The van der Waals surface area contributed by atoms with Gasteiger partial charge in [-0.15, -0.1) is 0 Å². The van der Waals surface area contributed by atoms with Crippen molar-refractivity contribution in [2.75, 3.05) is 20.3 Å². The summed E-state index contributed by atoms with van der Waals surface area (Å²) in [6.45, 7) is 1.36. The average molecular weight is 471 g/mol. The molecule has 2 heterocycles. The zero-order chi connectivity index (χ0) is 21.1. The van der Waals surface area contributed by atoms with Gasteiger partial charge in [-0.3, -0.25) is 9.59 Å². The molecule has 1 aromatic heterocycles. The Labute approximate surface area is 182 Å². The van der Waals surface area contributed by atoms with Crippen LogP contribution in [0.15, 0.2) is 57.8 Å². The van der Waals surface area contributed by atoms with Gasteiger partial charge in [-0.05, 0) is 61.4 Å². The fourth-order valence-electron chi connectivity index (χ4n) is 3.71. The number of fused-ring (bicyclic) bond motifs is 1. The number of carbonyl (C=O) groups is 1. The third-order valence-corrected chi connectivity index (χ3v) is 5.84. The molecule has 0 saturated carbocycles. The molecular weight excluding hydrogens is 448 g/mol. The molecule has 0 aliphatic carbocycles. The second-order valence-corrected chi connectivity index (χ2v) is 8.32. The first-order valence-electron chi connectivity index (χ1n) is 9.90. The molecule has 1 fully saturated rings. The summed E-state index contributed by atoms with van der Waals surface area (Å²) in [4.78, 5) is 30.6. The van der Waals surface area contributed by atoms with Crippen LogP contribution >= 0.6 is 15.9 Å². The molecule has 3 aromatic rings. The predicted molar refractivity (Wildman–Crippen MR) is 119 cm³/mol. The quantitative estimate of drug-likeness (QED) is 0.587. The smallest absolute Gasteiger partial charge is 0.254 e. The van der Waals surface area contributed by atoms with Crippen molar-refractivity contribution < 1.29 is 14.3 Å². The predicted octanol–water partition coefficient (Wildman–Crippen LogP) is 4.12. The number of ether oxygens (including phenoxy) is 2. The highest BCUT2D eigenvalue weighted by Gasteiger charge is 2.24. The lowest BCUT2D eigenvalue weighted by Crippen LogP contribution is -2.38. The molecule has 1 amide bonds. The van der Waals surface area contributed by atoms with E-state index in [-0.39, 0.29) is 24.1 Å². The van der Waals surface area contributed by atoms with E-state index in [1.165, 1.54) is 0 Å². The van der Waals surface area contributed by atoms with E-state index in [9.17, 15) is 9.59 Å². The van der Waals surface area contributed by atoms with E-state index in [0.717, 1.165) is 28.2 Å². The van der Waals surface area contributed by atoms with E-state index in [1.807, 2.05) is 30.3 Å². The fourth-order valence-corrected chi connectivity index (χ4v) is 3.97. The van der Waals surface area contributed by atoms with Crippen molar-refractivity contribution in [2.45, 2.75) is 25.5 Å². The number of pyridine rings is 1. The third-order valence-electron chi connectivity index (χ3n) is 5.32. The van der Waals surface area contributed by atoms with Crippen molar-refractivity contribution in [3.8, 4) is 5.75 Å². The van der Waals surface area contributed by atoms with Crippen LogP contribution in [0.1, 0.15) is 28.8 Å². The minimum Gasteiger partial charge on any atom is -0.497 e. The molecule has 30 heavy (non-hydrogen) atoms. The average Bonchev–Trinajstić information content (AvgIpc) is 3.26. The van der Waals surface area contributed by atoms with Crippen molar-refractivity contribution in [1.29, 1.82) is 0 Å². The van der Waals surface area contributed by atoms with Crippen molar-refractivity contribution in [2.24, 2.45) is 0 Å². The maximum Gasteiger partial charge on any atom is 0.254 e. The number of aromatic amines is 1. The lowest BCUT2D eigenvalue weighted by Gasteiger charge is -2.25. The molecule has 6 nitrogen and oxygen atoms in total. The number of H-pyrrole nitrogens is 1. The molecule has 156 valence electrons. The Bertz CT molecular complexity index is 1100. The van der Waals surface area contributed by atoms with Crippen molar-refractivity contribution in [3.63, 3.8) is 0 Å². The molecule has 1 aliphatic heterocycles. The highest BCUT2D eigenvalue weighted by Crippen LogP contribution is 2.21. The van der Waals surface area contributed by atoms with Crippen LogP contribution in [0.25, 0.3) is 10.9 Å². The number of halogens is 1. The third kappa shape index (κ3) is 4.57. The molecule has 0 bridgehead atoms. The van der Waals surface area contributed by atoms with E-state index in [0.29, 0.717) is 30.0 Å². The van der Waals surface area contributed by atoms with Gasteiger partial charge >= 0.3 is 0 Å². The fraction of sp³-hybridized carbons (Fsp3) is 0.304. The minimum absolute atomic E-state index is 0.0102. The summed E-state index contributed by atoms with van der Waals surface area (Å²) in [6, 6.07) is 14.6. The van der Waals surface area contributed by atoms with Crippen molar-refractivity contribution in [1.82, 2.24) is 9.88 Å². The zero-order valence-electron chi connectivity index (χ0n) is 16.7. The number of rotatable bonds is 6. The highest BCUT2D eigenvalue weighted by molar-refractivity contribution is 9.10. The Morgan fingerprint density at radius 2 is 2.03 bits per heavy atom. The molecule has 4 rings (SSSR count). The van der Waals surface area contributed by atoms with Gasteiger partial charge in [0.15, 0.2) is 0 Å². The van der Waals surface area contributed by atoms with E-state index in [4.69, 9.17) is 9.47 Å². The van der Waals surface area contributed by atoms with Crippen molar-refractivity contribution >= 4 is 32.7 Å². The first kappa shape index (κ1) is 20.6. The summed E-state index contributed by atoms with van der Waals surface area (Å²) >= 11 is 3.40. The summed E-state index contributed by atoms with van der Waals surface area (Å²) in [6.07, 6.45) is 1.89. The van der Waals surface area contributed by atoms with Gasteiger partial charge in [0.1, 0.15) is 5.75 Å². The van der Waals surface area contributed by atoms with Crippen LogP contribution < -0.4 is 10.3 Å². The minimum atomic E-state index is -0.200. The molecule has 1 atom stereocenters. The summed E-state index contributed by atoms with van der Waals surface area (Å²) in [5.41, 5.74) is 1.64. The van der Waals surface area contributed by atoms with Gasteiger partial charge in [-0.2, -0.15) is 0 Å². The largest absolute Gasteiger partial charge is 0.497 e. The summed E-state index contributed by atoms with van der Waals surface area (Å²) < 4.78 is 12.0. The Kier molecular flexibility index (Phi) is 6.20. The van der Waals surface area contributed by atoms with Crippen LogP contribution in [0, 0.1) is 0 Å². The summed E-state index contributed by atoms with van der Waals surface area (Å²) in [5.74, 6) is 0.589. The van der Waals surface area contributed by atoms with Gasteiger partial charge in [0.2, 0.25) is 0 Å². The maximum atomic E-state index is 13.2. The molecule has 7 heteroatoms. The number of hydrogen-bond donors (Lipinski definition) is 1. The zero-order valence-corrected chi connectivity index (χ0v) is 18.3. The van der Waals surface area contributed by atoms with Gasteiger partial charge in [-0.1, -0.05) is 15.9 Å². The number of carbonyl (C=O) groups excluding carboxylic acids is 1. The standard InChI is InChI=1S/C23H23BrN2O4/c1-29-19-8-9-21-16(12-19)11-17(22(27)25-21)13-26(14-20-3-2-10-30-20)23(28)15-4-6-18(24)7-5-15/h4-9,11-12,20H,2-3,10,13-14H2,1H3,(H,25,27)/t20-/m1/s1. The monoisotopic (exact) mass is 470 g/mol. The first-order chi connectivity index (χ1) is 14.5. The number of nitrogens with zero attached hydrogens (tertiary/aromatic N) is 1. The lowest BCUT2D eigenvalue weighted by atomic mass is 10.1. The highest BCUT2D eigenvalue weighted by atomic mass is 79.9. The number of aromatic nitrogens is 1. The summed E-state index contributed by atoms with van der Waals surface area (Å²) in [7, 11) is 1.61. The van der Waals surface area contributed by atoms with Gasteiger partial charge in [0.05, 0.1) is 19.8 Å². The Morgan fingerprint density at radius 1 is 1.23 bits per heavy atom. The van der Waals surface area contributed by atoms with Crippen molar-refractivity contribution in [3.05, 3.63) is 74.5 Å². The first-order valence-corrected chi connectivity index (χ1v) is 10.7. The Hall–Kier alpha value is -2.64. The molecule has 0 radical (unpaired) electrons. The van der Waals surface area contributed by atoms with Crippen LogP contribution in [0.4, 0.5) is 0 Å². The second-order valence-electron chi connectivity index (χ2n) is 7.40. The van der Waals surface area contributed by atoms with Crippen LogP contribution in [-0.2, 0) is 11.3 Å². The van der Waals surface area contributed by atoms with Gasteiger partial charge in [-0.25, -0.2) is 0 Å². The molecule has 1 N–H and O–H groups in total. The van der Waals surface area contributed by atoms with Crippen LogP contribution in [0.2, 0.25) is 0 Å². The molecule has 2 aromatic carbocycles. The maximum absolute atomic E-state index is 13.2. The number of nitrogens with one attached hydrogen (secondary N) is 1. The number of hydrogen-bond acceptors (Lipinski definition) is 4. The number of benzene rings is 2. The molecule has 1 saturated heterocycles. The lowest BCUT2D eigenvalue weighted by molar-refractivity contribution is 0.0506. The van der Waals surface area contributed by atoms with E-state index in [1.54, 1.807) is 30.2 Å². The number of methoxy groups -OCH3 is 1. The van der Waals surface area contributed by atoms with Gasteiger partial charge in [0, 0.05) is 39.7 Å². The normalized spacial score (nSPS) is 16.0. The van der Waals surface area contributed by atoms with Gasteiger partial charge < -0.3 is 19.4 Å². The van der Waals surface area contributed by atoms with E-state index >= 15 is 0 Å². The molecule has 0 spiro atoms. The Balaban J connectivity index is 1.66. The number of amides is 1. The second kappa shape index (κ2) is 9.02. The molecular formula is C23H23BrN2O4. The van der Waals surface area contributed by atoms with Crippen LogP contribution in [0.3, 0.4) is 0 Å². The topological polar surface area (TPSA) is 71.6 Å². The van der Waals surface area contributed by atoms with Gasteiger partial charge in [0.25, 0.3) is 11.5 Å². The molecule has 0 unspecified atom stereocenters. The SMILES string of the molecule is COc1ccc2[nH]c(=O)c(CN(C[C@H]3CCCO3)C(=O)c3ccc(Br)cc3)cc2c1. The van der Waals surface area contributed by atoms with E-state index in [2.05, 4.69) is 20.9 Å².